The predicted octanol–water partition coefficient (Wildman–Crippen LogP) is 3.05. The van der Waals surface area contributed by atoms with Crippen molar-refractivity contribution in [3.8, 4) is 11.3 Å². The van der Waals surface area contributed by atoms with E-state index >= 15 is 0 Å². The van der Waals surface area contributed by atoms with Gasteiger partial charge in [0, 0.05) is 56.2 Å². The molecule has 0 radical (unpaired) electrons. The number of halogens is 1. The highest BCUT2D eigenvalue weighted by atomic mass is 35.5. The van der Waals surface area contributed by atoms with E-state index in [1.807, 2.05) is 6.07 Å². The first-order valence-electron chi connectivity index (χ1n) is 9.21. The van der Waals surface area contributed by atoms with Crippen LogP contribution in [0.25, 0.3) is 11.3 Å². The second-order valence-electron chi connectivity index (χ2n) is 7.69. The summed E-state index contributed by atoms with van der Waals surface area (Å²) in [5, 5.41) is 5.32. The number of nitrogen functional groups attached to an aromatic ring is 1. The van der Waals surface area contributed by atoms with Gasteiger partial charge in [0.15, 0.2) is 0 Å². The molecule has 1 saturated carbocycles. The van der Waals surface area contributed by atoms with E-state index in [0.29, 0.717) is 22.8 Å². The van der Waals surface area contributed by atoms with E-state index in [1.54, 1.807) is 13.3 Å². The molecule has 7 heteroatoms. The minimum atomic E-state index is 0.321. The second-order valence-corrected chi connectivity index (χ2v) is 8.10. The monoisotopic (exact) mass is 375 g/mol. The summed E-state index contributed by atoms with van der Waals surface area (Å²) in [6.45, 7) is 8.51. The zero-order valence-corrected chi connectivity index (χ0v) is 16.3. The lowest BCUT2D eigenvalue weighted by molar-refractivity contribution is 0.153. The normalized spacial score (nSPS) is 25.0. The van der Waals surface area contributed by atoms with Gasteiger partial charge >= 0.3 is 0 Å². The van der Waals surface area contributed by atoms with Crippen LogP contribution in [0.3, 0.4) is 0 Å². The molecule has 2 unspecified atom stereocenters. The highest BCUT2D eigenvalue weighted by Crippen LogP contribution is 2.58. The molecule has 0 spiro atoms. The molecule has 140 valence electrons. The van der Waals surface area contributed by atoms with Crippen LogP contribution in [0.5, 0.6) is 0 Å². The van der Waals surface area contributed by atoms with Gasteiger partial charge in [-0.05, 0) is 37.8 Å². The first-order chi connectivity index (χ1) is 12.5. The lowest BCUT2D eigenvalue weighted by Crippen LogP contribution is -2.28. The SMILES string of the molecule is COCCN1CC2C(c3cc(-c4cnc(N)c(Cl)c4)nn3C(C)C)[C@@H]2C1. The fourth-order valence-corrected chi connectivity index (χ4v) is 4.42. The Morgan fingerprint density at radius 3 is 2.65 bits per heavy atom. The average Bonchev–Trinajstić information content (AvgIpc) is 3.00. The number of aromatic nitrogens is 3. The zero-order chi connectivity index (χ0) is 18.4. The quantitative estimate of drug-likeness (QED) is 0.840. The van der Waals surface area contributed by atoms with E-state index in [1.165, 1.54) is 5.69 Å². The third-order valence-corrected chi connectivity index (χ3v) is 5.94. The Hall–Kier alpha value is -1.63. The van der Waals surface area contributed by atoms with Crippen molar-refractivity contribution in [3.63, 3.8) is 0 Å². The second kappa shape index (κ2) is 6.83. The lowest BCUT2D eigenvalue weighted by Gasteiger charge is -2.19. The summed E-state index contributed by atoms with van der Waals surface area (Å²) in [5.74, 6) is 2.44. The first-order valence-corrected chi connectivity index (χ1v) is 9.59. The molecule has 2 fully saturated rings. The number of hydrogen-bond donors (Lipinski definition) is 1. The van der Waals surface area contributed by atoms with Gasteiger partial charge in [0.2, 0.25) is 0 Å². The van der Waals surface area contributed by atoms with Crippen molar-refractivity contribution in [2.24, 2.45) is 11.8 Å². The first kappa shape index (κ1) is 17.8. The highest BCUT2D eigenvalue weighted by Gasteiger charge is 2.57. The summed E-state index contributed by atoms with van der Waals surface area (Å²) >= 11 is 6.15. The maximum atomic E-state index is 6.15. The predicted molar refractivity (Wildman–Crippen MR) is 103 cm³/mol. The number of likely N-dealkylation sites (tertiary alicyclic amines) is 1. The number of methoxy groups -OCH3 is 1. The molecule has 2 N–H and O–H groups in total. The molecule has 0 aromatic carbocycles. The average molecular weight is 376 g/mol. The third-order valence-electron chi connectivity index (χ3n) is 5.64. The molecule has 6 nitrogen and oxygen atoms in total. The molecular formula is C19H26ClN5O. The molecule has 26 heavy (non-hydrogen) atoms. The molecule has 0 amide bonds. The van der Waals surface area contributed by atoms with Crippen molar-refractivity contribution in [1.29, 1.82) is 0 Å². The van der Waals surface area contributed by atoms with Gasteiger partial charge in [0.05, 0.1) is 17.3 Å². The van der Waals surface area contributed by atoms with Crippen LogP contribution in [0, 0.1) is 11.8 Å². The molecule has 0 bridgehead atoms. The van der Waals surface area contributed by atoms with Gasteiger partial charge in [0.25, 0.3) is 0 Å². The lowest BCUT2D eigenvalue weighted by atomic mass is 10.1. The minimum Gasteiger partial charge on any atom is -0.383 e. The molecule has 3 atom stereocenters. The Morgan fingerprint density at radius 1 is 1.31 bits per heavy atom. The Balaban J connectivity index is 1.56. The van der Waals surface area contributed by atoms with Gasteiger partial charge in [-0.25, -0.2) is 4.98 Å². The minimum absolute atomic E-state index is 0.321. The Morgan fingerprint density at radius 2 is 2.04 bits per heavy atom. The number of fused-ring (bicyclic) bond motifs is 1. The van der Waals surface area contributed by atoms with Gasteiger partial charge < -0.3 is 15.4 Å². The van der Waals surface area contributed by atoms with Crippen LogP contribution in [-0.2, 0) is 4.74 Å². The number of nitrogens with zero attached hydrogens (tertiary/aromatic N) is 4. The highest BCUT2D eigenvalue weighted by molar-refractivity contribution is 6.33. The molecule has 2 aliphatic rings. The third kappa shape index (κ3) is 3.10. The number of rotatable bonds is 6. The van der Waals surface area contributed by atoms with Crippen molar-refractivity contribution in [3.05, 3.63) is 29.0 Å². The summed E-state index contributed by atoms with van der Waals surface area (Å²) in [6.07, 6.45) is 1.75. The smallest absolute Gasteiger partial charge is 0.142 e. The molecule has 1 aliphatic carbocycles. The van der Waals surface area contributed by atoms with Gasteiger partial charge in [-0.1, -0.05) is 11.6 Å². The largest absolute Gasteiger partial charge is 0.383 e. The standard InChI is InChI=1S/C19H26ClN5O/c1-11(2)25-17(18-13-9-24(4-5-26-3)10-14(13)18)7-16(23-25)12-6-15(20)19(21)22-8-12/h6-8,11,13-14,18H,4-5,9-10H2,1-3H3,(H2,21,22)/t13-,14?,18?/m1/s1. The van der Waals surface area contributed by atoms with Crippen LogP contribution in [0.1, 0.15) is 31.5 Å². The van der Waals surface area contributed by atoms with Crippen LogP contribution >= 0.6 is 11.6 Å². The number of anilines is 1. The summed E-state index contributed by atoms with van der Waals surface area (Å²) in [7, 11) is 1.76. The Bertz CT molecular complexity index is 793. The molecular weight excluding hydrogens is 350 g/mol. The molecule has 4 rings (SSSR count). The zero-order valence-electron chi connectivity index (χ0n) is 15.5. The van der Waals surface area contributed by atoms with E-state index in [-0.39, 0.29) is 0 Å². The van der Waals surface area contributed by atoms with Gasteiger partial charge in [-0.3, -0.25) is 4.68 Å². The van der Waals surface area contributed by atoms with Crippen molar-refractivity contribution < 1.29 is 4.74 Å². The van der Waals surface area contributed by atoms with Gasteiger partial charge in [0.1, 0.15) is 5.82 Å². The summed E-state index contributed by atoms with van der Waals surface area (Å²) in [5.41, 5.74) is 8.91. The van der Waals surface area contributed by atoms with E-state index in [9.17, 15) is 0 Å². The van der Waals surface area contributed by atoms with Crippen LogP contribution in [-0.4, -0.2) is 53.0 Å². The fraction of sp³-hybridized carbons (Fsp3) is 0.579. The fourth-order valence-electron chi connectivity index (χ4n) is 4.26. The van der Waals surface area contributed by atoms with Crippen LogP contribution < -0.4 is 5.73 Å². The van der Waals surface area contributed by atoms with E-state index in [0.717, 1.165) is 49.3 Å². The topological polar surface area (TPSA) is 69.2 Å². The Labute approximate surface area is 159 Å². The van der Waals surface area contributed by atoms with Gasteiger partial charge in [-0.2, -0.15) is 5.10 Å². The number of hydrogen-bond acceptors (Lipinski definition) is 5. The van der Waals surface area contributed by atoms with E-state index < -0.39 is 0 Å². The summed E-state index contributed by atoms with van der Waals surface area (Å²) < 4.78 is 7.37. The van der Waals surface area contributed by atoms with Crippen molar-refractivity contribution >= 4 is 17.4 Å². The van der Waals surface area contributed by atoms with Crippen LogP contribution in [0.15, 0.2) is 18.3 Å². The maximum Gasteiger partial charge on any atom is 0.142 e. The van der Waals surface area contributed by atoms with Crippen molar-refractivity contribution in [2.75, 3.05) is 39.1 Å². The van der Waals surface area contributed by atoms with E-state index in [4.69, 9.17) is 27.2 Å². The van der Waals surface area contributed by atoms with Crippen molar-refractivity contribution in [2.45, 2.75) is 25.8 Å². The number of ether oxygens (including phenoxy) is 1. The molecule has 1 saturated heterocycles. The van der Waals surface area contributed by atoms with Crippen molar-refractivity contribution in [1.82, 2.24) is 19.7 Å². The van der Waals surface area contributed by atoms with Gasteiger partial charge in [-0.15, -0.1) is 0 Å². The van der Waals surface area contributed by atoms with E-state index in [2.05, 4.69) is 34.5 Å². The van der Waals surface area contributed by atoms with Crippen LogP contribution in [0.2, 0.25) is 5.02 Å². The number of pyridine rings is 1. The summed E-state index contributed by atoms with van der Waals surface area (Å²) in [4.78, 5) is 6.68. The number of piperidine rings is 1. The number of nitrogens with two attached hydrogens (primary N) is 1. The molecule has 1 aliphatic heterocycles. The Kier molecular flexibility index (Phi) is 4.67. The molecule has 3 heterocycles. The van der Waals surface area contributed by atoms with Crippen LogP contribution in [0.4, 0.5) is 5.82 Å². The molecule has 2 aromatic heterocycles. The molecule has 2 aromatic rings. The maximum absolute atomic E-state index is 6.15. The summed E-state index contributed by atoms with van der Waals surface area (Å²) in [6, 6.07) is 4.38.